The van der Waals surface area contributed by atoms with Crippen molar-refractivity contribution in [2.45, 2.75) is 22.3 Å². The SMILES string of the molecule is N=C(O[C@@H]1OC[C@@H](OC(=O)c2ccccc2)[C@H]1OC(=O)c1ccccc1)C(Cl)(Cl)Cl. The van der Waals surface area contributed by atoms with Gasteiger partial charge < -0.3 is 18.9 Å². The molecule has 0 saturated carbocycles. The zero-order valence-electron chi connectivity index (χ0n) is 15.3. The first-order valence-electron chi connectivity index (χ1n) is 8.72. The average molecular weight is 473 g/mol. The number of benzene rings is 2. The van der Waals surface area contributed by atoms with Crippen LogP contribution in [-0.2, 0) is 18.9 Å². The van der Waals surface area contributed by atoms with Crippen molar-refractivity contribution in [3.05, 3.63) is 71.8 Å². The van der Waals surface area contributed by atoms with E-state index < -0.39 is 40.1 Å². The van der Waals surface area contributed by atoms with Crippen molar-refractivity contribution < 1.29 is 28.5 Å². The Kier molecular flexibility index (Phi) is 7.20. The van der Waals surface area contributed by atoms with Gasteiger partial charge in [-0.2, -0.15) is 0 Å². The number of rotatable bonds is 5. The molecule has 0 spiro atoms. The van der Waals surface area contributed by atoms with Crippen molar-refractivity contribution in [3.8, 4) is 0 Å². The van der Waals surface area contributed by atoms with E-state index in [9.17, 15) is 9.59 Å². The van der Waals surface area contributed by atoms with E-state index >= 15 is 0 Å². The van der Waals surface area contributed by atoms with E-state index in [0.717, 1.165) is 0 Å². The maximum atomic E-state index is 12.5. The summed E-state index contributed by atoms with van der Waals surface area (Å²) in [6.45, 7) is -0.150. The summed E-state index contributed by atoms with van der Waals surface area (Å²) in [5.74, 6) is -2.06. The summed E-state index contributed by atoms with van der Waals surface area (Å²) in [7, 11) is 0. The molecule has 3 atom stereocenters. The second kappa shape index (κ2) is 9.66. The molecule has 1 aliphatic heterocycles. The van der Waals surface area contributed by atoms with Crippen LogP contribution in [0.1, 0.15) is 20.7 Å². The molecule has 10 heteroatoms. The van der Waals surface area contributed by atoms with Crippen LogP contribution in [0.4, 0.5) is 0 Å². The van der Waals surface area contributed by atoms with Crippen molar-refractivity contribution >= 4 is 52.6 Å². The molecule has 0 aromatic heterocycles. The average Bonchev–Trinajstić information content (AvgIpc) is 3.09. The first kappa shape index (κ1) is 22.4. The Bertz CT molecular complexity index is 904. The monoisotopic (exact) mass is 471 g/mol. The lowest BCUT2D eigenvalue weighted by atomic mass is 10.2. The molecular weight excluding hydrogens is 457 g/mol. The Morgan fingerprint density at radius 1 is 0.867 bits per heavy atom. The first-order valence-corrected chi connectivity index (χ1v) is 9.85. The van der Waals surface area contributed by atoms with Gasteiger partial charge in [0.1, 0.15) is 0 Å². The quantitative estimate of drug-likeness (QED) is 0.304. The molecule has 1 aliphatic rings. The Hall–Kier alpha value is -2.32. The smallest absolute Gasteiger partial charge is 0.338 e. The number of nitrogens with one attached hydrogen (secondary N) is 1. The molecule has 0 bridgehead atoms. The number of carbonyl (C=O) groups excluding carboxylic acids is 2. The summed E-state index contributed by atoms with van der Waals surface area (Å²) >= 11 is 16.9. The number of hydrogen-bond donors (Lipinski definition) is 1. The Labute approximate surface area is 187 Å². The molecule has 1 N–H and O–H groups in total. The van der Waals surface area contributed by atoms with Crippen LogP contribution in [-0.4, -0.2) is 46.7 Å². The lowest BCUT2D eigenvalue weighted by Crippen LogP contribution is -2.41. The fourth-order valence-electron chi connectivity index (χ4n) is 2.62. The van der Waals surface area contributed by atoms with E-state index in [0.29, 0.717) is 5.56 Å². The first-order chi connectivity index (χ1) is 14.3. The number of halogens is 3. The van der Waals surface area contributed by atoms with Crippen LogP contribution in [0.5, 0.6) is 0 Å². The second-order valence-corrected chi connectivity index (χ2v) is 8.47. The fourth-order valence-corrected chi connectivity index (χ4v) is 2.75. The molecule has 2 aromatic rings. The molecule has 1 fully saturated rings. The summed E-state index contributed by atoms with van der Waals surface area (Å²) < 4.78 is 19.5. The highest BCUT2D eigenvalue weighted by molar-refractivity contribution is 6.76. The minimum atomic E-state index is -2.14. The molecule has 3 rings (SSSR count). The predicted molar refractivity (Wildman–Crippen MR) is 110 cm³/mol. The van der Waals surface area contributed by atoms with E-state index in [1.807, 2.05) is 0 Å². The normalized spacial score (nSPS) is 21.0. The maximum absolute atomic E-state index is 12.5. The van der Waals surface area contributed by atoms with E-state index in [-0.39, 0.29) is 12.2 Å². The van der Waals surface area contributed by atoms with Gasteiger partial charge in [-0.1, -0.05) is 71.2 Å². The summed E-state index contributed by atoms with van der Waals surface area (Å²) in [5, 5.41) is 7.74. The minimum absolute atomic E-state index is 0.150. The Balaban J connectivity index is 1.77. The van der Waals surface area contributed by atoms with Crippen molar-refractivity contribution in [3.63, 3.8) is 0 Å². The molecule has 1 saturated heterocycles. The Morgan fingerprint density at radius 2 is 1.37 bits per heavy atom. The van der Waals surface area contributed by atoms with Gasteiger partial charge in [0.15, 0.2) is 6.10 Å². The third-order valence-electron chi connectivity index (χ3n) is 4.07. The molecule has 0 aliphatic carbocycles. The van der Waals surface area contributed by atoms with Crippen LogP contribution in [0.3, 0.4) is 0 Å². The number of hydrogen-bond acceptors (Lipinski definition) is 7. The van der Waals surface area contributed by atoms with Crippen LogP contribution >= 0.6 is 34.8 Å². The van der Waals surface area contributed by atoms with E-state index in [1.165, 1.54) is 0 Å². The highest BCUT2D eigenvalue weighted by Gasteiger charge is 2.47. The molecule has 30 heavy (non-hydrogen) atoms. The van der Waals surface area contributed by atoms with Gasteiger partial charge >= 0.3 is 11.9 Å². The predicted octanol–water partition coefficient (Wildman–Crippen LogP) is 4.16. The molecular formula is C20H16Cl3NO6. The maximum Gasteiger partial charge on any atom is 0.338 e. The minimum Gasteiger partial charge on any atom is -0.452 e. The fraction of sp³-hybridized carbons (Fsp3) is 0.250. The topological polar surface area (TPSA) is 94.9 Å². The zero-order valence-corrected chi connectivity index (χ0v) is 17.6. The Morgan fingerprint density at radius 3 is 1.87 bits per heavy atom. The van der Waals surface area contributed by atoms with Crippen molar-refractivity contribution in [1.82, 2.24) is 0 Å². The van der Waals surface area contributed by atoms with Crippen LogP contribution < -0.4 is 0 Å². The van der Waals surface area contributed by atoms with Gasteiger partial charge in [-0.3, -0.25) is 5.41 Å². The molecule has 7 nitrogen and oxygen atoms in total. The number of ether oxygens (including phenoxy) is 4. The summed E-state index contributed by atoms with van der Waals surface area (Å²) in [6, 6.07) is 16.5. The lowest BCUT2D eigenvalue weighted by Gasteiger charge is -2.25. The standard InChI is InChI=1S/C20H16Cl3NO6/c21-20(22,23)19(24)30-18-15(29-17(26)13-9-5-2-6-10-13)14(11-27-18)28-16(25)12-7-3-1-4-8-12/h1-10,14-15,18,24H,11H2/t14-,15-,18+/m1/s1. The van der Waals surface area contributed by atoms with E-state index in [2.05, 4.69) is 0 Å². The summed E-state index contributed by atoms with van der Waals surface area (Å²) in [5.41, 5.74) is 0.580. The van der Waals surface area contributed by atoms with Gasteiger partial charge in [0, 0.05) is 0 Å². The third kappa shape index (κ3) is 5.64. The molecule has 0 radical (unpaired) electrons. The highest BCUT2D eigenvalue weighted by Crippen LogP contribution is 2.31. The lowest BCUT2D eigenvalue weighted by molar-refractivity contribution is -0.109. The van der Waals surface area contributed by atoms with Crippen molar-refractivity contribution in [2.75, 3.05) is 6.61 Å². The van der Waals surface area contributed by atoms with Crippen LogP contribution in [0.15, 0.2) is 60.7 Å². The molecule has 158 valence electrons. The van der Waals surface area contributed by atoms with Crippen molar-refractivity contribution in [1.29, 1.82) is 5.41 Å². The van der Waals surface area contributed by atoms with Gasteiger partial charge in [0.05, 0.1) is 17.7 Å². The summed E-state index contributed by atoms with van der Waals surface area (Å²) in [4.78, 5) is 24.9. The number of carbonyl (C=O) groups is 2. The van der Waals surface area contributed by atoms with Crippen molar-refractivity contribution in [2.24, 2.45) is 0 Å². The zero-order chi connectivity index (χ0) is 21.7. The van der Waals surface area contributed by atoms with Gasteiger partial charge in [0.2, 0.25) is 18.3 Å². The second-order valence-electron chi connectivity index (χ2n) is 6.19. The van der Waals surface area contributed by atoms with Gasteiger partial charge in [0.25, 0.3) is 3.79 Å². The molecule has 0 unspecified atom stereocenters. The largest absolute Gasteiger partial charge is 0.452 e. The van der Waals surface area contributed by atoms with Gasteiger partial charge in [-0.25, -0.2) is 9.59 Å². The molecule has 1 heterocycles. The van der Waals surface area contributed by atoms with Crippen LogP contribution in [0, 0.1) is 5.41 Å². The highest BCUT2D eigenvalue weighted by atomic mass is 35.6. The van der Waals surface area contributed by atoms with Gasteiger partial charge in [-0.15, -0.1) is 0 Å². The van der Waals surface area contributed by atoms with Crippen LogP contribution in [0.2, 0.25) is 0 Å². The molecule has 2 aromatic carbocycles. The van der Waals surface area contributed by atoms with Gasteiger partial charge in [-0.05, 0) is 24.3 Å². The van der Waals surface area contributed by atoms with E-state index in [4.69, 9.17) is 59.2 Å². The number of esters is 2. The molecule has 0 amide bonds. The van der Waals surface area contributed by atoms with Crippen LogP contribution in [0.25, 0.3) is 0 Å². The number of alkyl halides is 3. The summed E-state index contributed by atoms with van der Waals surface area (Å²) in [6.07, 6.45) is -3.51. The third-order valence-corrected chi connectivity index (χ3v) is 4.59. The van der Waals surface area contributed by atoms with E-state index in [1.54, 1.807) is 60.7 Å².